The molecule has 2 aliphatic heterocycles. The second-order valence-corrected chi connectivity index (χ2v) is 6.86. The maximum Gasteiger partial charge on any atom is 0.202 e. The number of fused-ring (bicyclic) bond motifs is 1. The van der Waals surface area contributed by atoms with Crippen LogP contribution in [0.1, 0.15) is 6.42 Å². The van der Waals surface area contributed by atoms with E-state index in [1.54, 1.807) is 0 Å². The van der Waals surface area contributed by atoms with Crippen LogP contribution in [0, 0.1) is 0 Å². The van der Waals surface area contributed by atoms with Crippen LogP contribution in [0.15, 0.2) is 70.9 Å². The van der Waals surface area contributed by atoms with Crippen molar-refractivity contribution in [1.29, 1.82) is 0 Å². The van der Waals surface area contributed by atoms with Crippen LogP contribution in [0.4, 0.5) is 11.4 Å². The van der Waals surface area contributed by atoms with Gasteiger partial charge in [-0.15, -0.1) is 0 Å². The lowest BCUT2D eigenvalue weighted by atomic mass is 10.1. The fraction of sp³-hybridized carbons (Fsp3) is 0.273. The number of ether oxygens (including phenoxy) is 4. The molecule has 5 rings (SSSR count). The smallest absolute Gasteiger partial charge is 0.202 e. The Labute approximate surface area is 162 Å². The summed E-state index contributed by atoms with van der Waals surface area (Å²) in [6.45, 7) is 2.16. The van der Waals surface area contributed by atoms with E-state index in [1.807, 2.05) is 60.7 Å². The van der Waals surface area contributed by atoms with Crippen molar-refractivity contribution < 1.29 is 18.9 Å². The molecular formula is C22H20N2O4. The average molecular weight is 376 g/mol. The molecule has 6 heteroatoms. The van der Waals surface area contributed by atoms with Gasteiger partial charge in [0, 0.05) is 6.42 Å². The molecule has 142 valence electrons. The second kappa shape index (κ2) is 7.58. The average Bonchev–Trinajstić information content (AvgIpc) is 3.53. The standard InChI is InChI=1S/C22H20N2O4/c1-3-18(11-15-2-6-20(12-16(1)15)28-22-9-10-25-22)24-23-17-4-7-19(8-5-17)26-13-21-14-27-21/h1-8,11-12,21-22H,9-10,13-14H2. The number of rotatable bonds is 7. The molecule has 6 nitrogen and oxygen atoms in total. The molecule has 2 atom stereocenters. The molecule has 0 amide bonds. The Bertz CT molecular complexity index is 995. The topological polar surface area (TPSA) is 64.9 Å². The number of nitrogens with zero attached hydrogens (tertiary/aromatic N) is 2. The number of epoxide rings is 1. The van der Waals surface area contributed by atoms with Crippen molar-refractivity contribution in [3.05, 3.63) is 60.7 Å². The Balaban J connectivity index is 1.25. The normalized spacial score (nSPS) is 20.9. The molecule has 2 aliphatic rings. The van der Waals surface area contributed by atoms with Gasteiger partial charge in [0.25, 0.3) is 0 Å². The zero-order valence-corrected chi connectivity index (χ0v) is 15.3. The fourth-order valence-corrected chi connectivity index (χ4v) is 2.88. The lowest BCUT2D eigenvalue weighted by Gasteiger charge is -2.26. The van der Waals surface area contributed by atoms with Gasteiger partial charge in [-0.05, 0) is 59.3 Å². The zero-order chi connectivity index (χ0) is 18.8. The van der Waals surface area contributed by atoms with Gasteiger partial charge in [-0.2, -0.15) is 10.2 Å². The lowest BCUT2D eigenvalue weighted by molar-refractivity contribution is -0.165. The molecule has 0 N–H and O–H groups in total. The zero-order valence-electron chi connectivity index (χ0n) is 15.3. The third-order valence-corrected chi connectivity index (χ3v) is 4.68. The molecule has 0 aromatic heterocycles. The Morgan fingerprint density at radius 3 is 2.25 bits per heavy atom. The third-order valence-electron chi connectivity index (χ3n) is 4.68. The van der Waals surface area contributed by atoms with Crippen LogP contribution in [-0.4, -0.2) is 32.2 Å². The largest absolute Gasteiger partial charge is 0.491 e. The molecule has 2 unspecified atom stereocenters. The third kappa shape index (κ3) is 4.13. The summed E-state index contributed by atoms with van der Waals surface area (Å²) >= 11 is 0. The molecule has 0 saturated carbocycles. The van der Waals surface area contributed by atoms with Gasteiger partial charge in [0.15, 0.2) is 0 Å². The molecular weight excluding hydrogens is 356 g/mol. The summed E-state index contributed by atoms with van der Waals surface area (Å²) in [5.74, 6) is 1.63. The summed E-state index contributed by atoms with van der Waals surface area (Å²) in [6.07, 6.45) is 1.09. The Morgan fingerprint density at radius 1 is 0.821 bits per heavy atom. The Morgan fingerprint density at radius 2 is 1.50 bits per heavy atom. The SMILES string of the molecule is c1cc(OCC2CO2)ccc1N=Nc1ccc2cc(OC3CCO3)ccc2c1. The van der Waals surface area contributed by atoms with Crippen LogP contribution in [0.5, 0.6) is 11.5 Å². The number of azo groups is 1. The van der Waals surface area contributed by atoms with Crippen LogP contribution in [0.3, 0.4) is 0 Å². The Hall–Kier alpha value is -2.96. The molecule has 28 heavy (non-hydrogen) atoms. The van der Waals surface area contributed by atoms with E-state index in [-0.39, 0.29) is 12.4 Å². The molecule has 3 aromatic carbocycles. The predicted octanol–water partition coefficient (Wildman–Crippen LogP) is 5.16. The summed E-state index contributed by atoms with van der Waals surface area (Å²) in [5, 5.41) is 10.8. The highest BCUT2D eigenvalue weighted by Crippen LogP contribution is 2.28. The van der Waals surface area contributed by atoms with E-state index in [2.05, 4.69) is 10.2 Å². The van der Waals surface area contributed by atoms with Gasteiger partial charge in [-0.1, -0.05) is 12.1 Å². The first-order valence-corrected chi connectivity index (χ1v) is 9.40. The molecule has 0 spiro atoms. The summed E-state index contributed by atoms with van der Waals surface area (Å²) < 4.78 is 21.8. The predicted molar refractivity (Wildman–Crippen MR) is 105 cm³/mol. The first-order chi connectivity index (χ1) is 13.8. The summed E-state index contributed by atoms with van der Waals surface area (Å²) in [6, 6.07) is 19.5. The second-order valence-electron chi connectivity index (χ2n) is 6.86. The minimum absolute atomic E-state index is 0.107. The van der Waals surface area contributed by atoms with Crippen molar-refractivity contribution in [2.24, 2.45) is 10.2 Å². The molecule has 2 fully saturated rings. The monoisotopic (exact) mass is 376 g/mol. The van der Waals surface area contributed by atoms with Gasteiger partial charge in [0.05, 0.1) is 24.6 Å². The lowest BCUT2D eigenvalue weighted by Crippen LogP contribution is -2.32. The minimum Gasteiger partial charge on any atom is -0.491 e. The first-order valence-electron chi connectivity index (χ1n) is 9.40. The van der Waals surface area contributed by atoms with Crippen LogP contribution < -0.4 is 9.47 Å². The van der Waals surface area contributed by atoms with Crippen LogP contribution in [0.2, 0.25) is 0 Å². The van der Waals surface area contributed by atoms with Crippen molar-refractivity contribution in [1.82, 2.24) is 0 Å². The fourth-order valence-electron chi connectivity index (χ4n) is 2.88. The summed E-state index contributed by atoms with van der Waals surface area (Å²) in [4.78, 5) is 0. The summed E-state index contributed by atoms with van der Waals surface area (Å²) in [5.41, 5.74) is 1.58. The van der Waals surface area contributed by atoms with Crippen LogP contribution >= 0.6 is 0 Å². The van der Waals surface area contributed by atoms with Crippen molar-refractivity contribution in [2.45, 2.75) is 18.8 Å². The van der Waals surface area contributed by atoms with Gasteiger partial charge >= 0.3 is 0 Å². The van der Waals surface area contributed by atoms with E-state index >= 15 is 0 Å². The quantitative estimate of drug-likeness (QED) is 0.422. The number of hydrogen-bond acceptors (Lipinski definition) is 6. The van der Waals surface area contributed by atoms with E-state index in [0.717, 1.165) is 53.3 Å². The molecule has 3 aromatic rings. The van der Waals surface area contributed by atoms with Gasteiger partial charge < -0.3 is 18.9 Å². The molecule has 0 bridgehead atoms. The number of benzene rings is 3. The van der Waals surface area contributed by atoms with Gasteiger partial charge in [0.1, 0.15) is 24.2 Å². The van der Waals surface area contributed by atoms with E-state index in [1.165, 1.54) is 0 Å². The minimum atomic E-state index is -0.107. The summed E-state index contributed by atoms with van der Waals surface area (Å²) in [7, 11) is 0. The maximum atomic E-state index is 5.76. The Kier molecular flexibility index (Phi) is 4.64. The van der Waals surface area contributed by atoms with Crippen molar-refractivity contribution >= 4 is 22.1 Å². The van der Waals surface area contributed by atoms with E-state index in [0.29, 0.717) is 6.61 Å². The first kappa shape index (κ1) is 17.2. The maximum absolute atomic E-state index is 5.76. The van der Waals surface area contributed by atoms with Gasteiger partial charge in [-0.3, -0.25) is 0 Å². The van der Waals surface area contributed by atoms with Crippen LogP contribution in [-0.2, 0) is 9.47 Å². The molecule has 2 heterocycles. The van der Waals surface area contributed by atoms with Crippen molar-refractivity contribution in [2.75, 3.05) is 19.8 Å². The van der Waals surface area contributed by atoms with Crippen molar-refractivity contribution in [3.63, 3.8) is 0 Å². The highest BCUT2D eigenvalue weighted by atomic mass is 16.7. The van der Waals surface area contributed by atoms with Gasteiger partial charge in [-0.25, -0.2) is 0 Å². The molecule has 2 saturated heterocycles. The van der Waals surface area contributed by atoms with Crippen LogP contribution in [0.25, 0.3) is 10.8 Å². The van der Waals surface area contributed by atoms with E-state index < -0.39 is 0 Å². The molecule has 0 aliphatic carbocycles. The highest BCUT2D eigenvalue weighted by Gasteiger charge is 2.23. The highest BCUT2D eigenvalue weighted by molar-refractivity contribution is 5.86. The molecule has 0 radical (unpaired) electrons. The number of hydrogen-bond donors (Lipinski definition) is 0. The van der Waals surface area contributed by atoms with E-state index in [9.17, 15) is 0 Å². The van der Waals surface area contributed by atoms with Crippen molar-refractivity contribution in [3.8, 4) is 11.5 Å². The van der Waals surface area contributed by atoms with E-state index in [4.69, 9.17) is 18.9 Å². The van der Waals surface area contributed by atoms with Gasteiger partial charge in [0.2, 0.25) is 6.29 Å².